The van der Waals surface area contributed by atoms with E-state index >= 15 is 0 Å². The lowest BCUT2D eigenvalue weighted by Gasteiger charge is -2.38. The minimum absolute atomic E-state index is 0.751. The van der Waals surface area contributed by atoms with E-state index in [1.807, 2.05) is 0 Å². The van der Waals surface area contributed by atoms with Gasteiger partial charge in [-0.1, -0.05) is 13.8 Å². The zero-order valence-corrected chi connectivity index (χ0v) is 10.5. The van der Waals surface area contributed by atoms with Crippen molar-refractivity contribution < 1.29 is 0 Å². The first-order valence-electron chi connectivity index (χ1n) is 6.64. The molecule has 2 saturated heterocycles. The molecule has 0 aromatic rings. The predicted octanol–water partition coefficient (Wildman–Crippen LogP) is 2.10. The Balaban J connectivity index is 1.83. The number of nitrogens with one attached hydrogen (secondary N) is 1. The minimum atomic E-state index is 0.751. The Morgan fingerprint density at radius 1 is 1.20 bits per heavy atom. The molecule has 4 atom stereocenters. The maximum atomic E-state index is 3.64. The molecule has 2 heteroatoms. The van der Waals surface area contributed by atoms with Gasteiger partial charge < -0.3 is 5.32 Å². The largest absolute Gasteiger partial charge is 0.312 e. The van der Waals surface area contributed by atoms with Crippen LogP contribution in [0.4, 0.5) is 0 Å². The molecule has 0 saturated carbocycles. The Hall–Kier alpha value is -0.0800. The Labute approximate surface area is 94.4 Å². The summed E-state index contributed by atoms with van der Waals surface area (Å²) in [6.45, 7) is 11.0. The SMILES string of the molecule is CC1CCN(CC2NCCC2C)C(C)C1. The van der Waals surface area contributed by atoms with Crippen LogP contribution in [0.1, 0.15) is 40.0 Å². The molecule has 1 N–H and O–H groups in total. The summed E-state index contributed by atoms with van der Waals surface area (Å²) in [6, 6.07) is 1.55. The van der Waals surface area contributed by atoms with E-state index in [0.29, 0.717) is 0 Å². The van der Waals surface area contributed by atoms with Crippen LogP contribution in [-0.2, 0) is 0 Å². The zero-order chi connectivity index (χ0) is 10.8. The summed E-state index contributed by atoms with van der Waals surface area (Å²) in [6.07, 6.45) is 4.15. The van der Waals surface area contributed by atoms with Crippen molar-refractivity contribution >= 4 is 0 Å². The summed E-state index contributed by atoms with van der Waals surface area (Å²) in [5.41, 5.74) is 0. The van der Waals surface area contributed by atoms with Gasteiger partial charge in [-0.15, -0.1) is 0 Å². The Morgan fingerprint density at radius 3 is 2.60 bits per heavy atom. The van der Waals surface area contributed by atoms with Gasteiger partial charge in [-0.2, -0.15) is 0 Å². The molecule has 0 bridgehead atoms. The third-order valence-electron chi connectivity index (χ3n) is 4.40. The van der Waals surface area contributed by atoms with Gasteiger partial charge in [0, 0.05) is 18.6 Å². The molecule has 2 aliphatic heterocycles. The first kappa shape index (κ1) is 11.4. The number of nitrogens with zero attached hydrogens (tertiary/aromatic N) is 1. The van der Waals surface area contributed by atoms with Gasteiger partial charge in [-0.05, 0) is 51.1 Å². The molecule has 2 fully saturated rings. The third-order valence-corrected chi connectivity index (χ3v) is 4.40. The Morgan fingerprint density at radius 2 is 2.00 bits per heavy atom. The average molecular weight is 210 g/mol. The van der Waals surface area contributed by atoms with Crippen molar-refractivity contribution in [2.45, 2.75) is 52.1 Å². The molecule has 0 spiro atoms. The lowest BCUT2D eigenvalue weighted by molar-refractivity contribution is 0.114. The van der Waals surface area contributed by atoms with Crippen molar-refractivity contribution in [3.63, 3.8) is 0 Å². The van der Waals surface area contributed by atoms with Gasteiger partial charge >= 0.3 is 0 Å². The molecule has 88 valence electrons. The first-order valence-corrected chi connectivity index (χ1v) is 6.64. The van der Waals surface area contributed by atoms with Crippen LogP contribution in [0.3, 0.4) is 0 Å². The maximum Gasteiger partial charge on any atom is 0.0221 e. The second-order valence-corrected chi connectivity index (χ2v) is 5.80. The highest BCUT2D eigenvalue weighted by Crippen LogP contribution is 2.24. The van der Waals surface area contributed by atoms with Crippen molar-refractivity contribution in [3.8, 4) is 0 Å². The van der Waals surface area contributed by atoms with Gasteiger partial charge in [-0.25, -0.2) is 0 Å². The van der Waals surface area contributed by atoms with Crippen LogP contribution in [0.25, 0.3) is 0 Å². The lowest BCUT2D eigenvalue weighted by atomic mass is 9.92. The van der Waals surface area contributed by atoms with Gasteiger partial charge in [-0.3, -0.25) is 4.90 Å². The van der Waals surface area contributed by atoms with E-state index in [2.05, 4.69) is 31.0 Å². The lowest BCUT2D eigenvalue weighted by Crippen LogP contribution is -2.47. The number of hydrogen-bond acceptors (Lipinski definition) is 2. The van der Waals surface area contributed by atoms with E-state index in [9.17, 15) is 0 Å². The molecule has 2 aliphatic rings. The highest BCUT2D eigenvalue weighted by molar-refractivity contribution is 4.86. The van der Waals surface area contributed by atoms with Crippen molar-refractivity contribution in [2.24, 2.45) is 11.8 Å². The van der Waals surface area contributed by atoms with Crippen LogP contribution < -0.4 is 5.32 Å². The van der Waals surface area contributed by atoms with E-state index in [4.69, 9.17) is 0 Å². The maximum absolute atomic E-state index is 3.64. The topological polar surface area (TPSA) is 15.3 Å². The fourth-order valence-electron chi connectivity index (χ4n) is 3.12. The molecular formula is C13H26N2. The average Bonchev–Trinajstić information content (AvgIpc) is 2.57. The standard InChI is InChI=1S/C13H26N2/c1-10-5-7-15(12(3)8-10)9-13-11(2)4-6-14-13/h10-14H,4-9H2,1-3H3. The fraction of sp³-hybridized carbons (Fsp3) is 1.00. The molecule has 4 unspecified atom stereocenters. The predicted molar refractivity (Wildman–Crippen MR) is 65.0 cm³/mol. The molecular weight excluding hydrogens is 184 g/mol. The van der Waals surface area contributed by atoms with Crippen LogP contribution in [0, 0.1) is 11.8 Å². The Kier molecular flexibility index (Phi) is 3.68. The molecule has 0 radical (unpaired) electrons. The third kappa shape index (κ3) is 2.73. The molecule has 15 heavy (non-hydrogen) atoms. The van der Waals surface area contributed by atoms with Crippen molar-refractivity contribution in [2.75, 3.05) is 19.6 Å². The number of piperidine rings is 1. The van der Waals surface area contributed by atoms with Crippen LogP contribution in [0.15, 0.2) is 0 Å². The molecule has 0 amide bonds. The highest BCUT2D eigenvalue weighted by Gasteiger charge is 2.29. The second-order valence-electron chi connectivity index (χ2n) is 5.80. The fourth-order valence-corrected chi connectivity index (χ4v) is 3.12. The van der Waals surface area contributed by atoms with E-state index < -0.39 is 0 Å². The van der Waals surface area contributed by atoms with Gasteiger partial charge in [0.15, 0.2) is 0 Å². The first-order chi connectivity index (χ1) is 7.16. The quantitative estimate of drug-likeness (QED) is 0.751. The van der Waals surface area contributed by atoms with Crippen molar-refractivity contribution in [1.29, 1.82) is 0 Å². The second kappa shape index (κ2) is 4.84. The monoisotopic (exact) mass is 210 g/mol. The molecule has 2 nitrogen and oxygen atoms in total. The minimum Gasteiger partial charge on any atom is -0.312 e. The van der Waals surface area contributed by atoms with Crippen LogP contribution in [0.5, 0.6) is 0 Å². The zero-order valence-electron chi connectivity index (χ0n) is 10.5. The number of rotatable bonds is 2. The molecule has 0 aliphatic carbocycles. The number of likely N-dealkylation sites (tertiary alicyclic amines) is 1. The Bertz CT molecular complexity index is 205. The summed E-state index contributed by atoms with van der Waals surface area (Å²) in [5, 5.41) is 3.64. The van der Waals surface area contributed by atoms with E-state index in [0.717, 1.165) is 23.9 Å². The molecule has 2 rings (SSSR count). The normalized spacial score (nSPS) is 43.4. The van der Waals surface area contributed by atoms with E-state index in [1.54, 1.807) is 0 Å². The summed E-state index contributed by atoms with van der Waals surface area (Å²) in [7, 11) is 0. The number of hydrogen-bond donors (Lipinski definition) is 1. The van der Waals surface area contributed by atoms with Gasteiger partial charge in [0.25, 0.3) is 0 Å². The van der Waals surface area contributed by atoms with E-state index in [-0.39, 0.29) is 0 Å². The summed E-state index contributed by atoms with van der Waals surface area (Å²) in [5.74, 6) is 1.81. The summed E-state index contributed by atoms with van der Waals surface area (Å²) in [4.78, 5) is 2.69. The highest BCUT2D eigenvalue weighted by atomic mass is 15.2. The van der Waals surface area contributed by atoms with E-state index in [1.165, 1.54) is 38.9 Å². The van der Waals surface area contributed by atoms with Gasteiger partial charge in [0.2, 0.25) is 0 Å². The van der Waals surface area contributed by atoms with Gasteiger partial charge in [0.05, 0.1) is 0 Å². The summed E-state index contributed by atoms with van der Waals surface area (Å²) >= 11 is 0. The van der Waals surface area contributed by atoms with Crippen LogP contribution in [-0.4, -0.2) is 36.6 Å². The van der Waals surface area contributed by atoms with Crippen molar-refractivity contribution in [1.82, 2.24) is 10.2 Å². The molecule has 2 heterocycles. The van der Waals surface area contributed by atoms with Crippen molar-refractivity contribution in [3.05, 3.63) is 0 Å². The van der Waals surface area contributed by atoms with Crippen LogP contribution >= 0.6 is 0 Å². The summed E-state index contributed by atoms with van der Waals surface area (Å²) < 4.78 is 0. The smallest absolute Gasteiger partial charge is 0.0221 e. The molecule has 0 aromatic heterocycles. The van der Waals surface area contributed by atoms with Crippen LogP contribution in [0.2, 0.25) is 0 Å². The van der Waals surface area contributed by atoms with Gasteiger partial charge in [0.1, 0.15) is 0 Å². The molecule has 0 aromatic carbocycles.